The van der Waals surface area contributed by atoms with Gasteiger partial charge < -0.3 is 5.32 Å². The van der Waals surface area contributed by atoms with Gasteiger partial charge in [0, 0.05) is 12.6 Å². The Morgan fingerprint density at radius 1 is 1.11 bits per heavy atom. The summed E-state index contributed by atoms with van der Waals surface area (Å²) in [6.45, 7) is 4.40. The van der Waals surface area contributed by atoms with Gasteiger partial charge in [-0.1, -0.05) is 30.3 Å². The second-order valence-corrected chi connectivity index (χ2v) is 4.55. The maximum atomic E-state index is 11.1. The van der Waals surface area contributed by atoms with Crippen LogP contribution < -0.4 is 5.32 Å². The molecule has 4 heteroatoms. The van der Waals surface area contributed by atoms with Gasteiger partial charge in [-0.15, -0.1) is 0 Å². The molecule has 2 aromatic carbocycles. The molecule has 19 heavy (non-hydrogen) atoms. The lowest BCUT2D eigenvalue weighted by Gasteiger charge is -2.09. The zero-order valence-electron chi connectivity index (χ0n) is 11.0. The monoisotopic (exact) mass is 256 g/mol. The van der Waals surface area contributed by atoms with Gasteiger partial charge in [0.15, 0.2) is 0 Å². The van der Waals surface area contributed by atoms with Crippen LogP contribution in [-0.2, 0) is 6.54 Å². The minimum atomic E-state index is -0.347. The summed E-state index contributed by atoms with van der Waals surface area (Å²) in [5.74, 6) is 0. The Kier molecular flexibility index (Phi) is 3.80. The van der Waals surface area contributed by atoms with E-state index in [1.807, 2.05) is 50.2 Å². The summed E-state index contributed by atoms with van der Waals surface area (Å²) in [6.07, 6.45) is 0. The lowest BCUT2D eigenvalue weighted by molar-refractivity contribution is -0.384. The molecule has 0 fully saturated rings. The van der Waals surface area contributed by atoms with Crippen molar-refractivity contribution in [2.24, 2.45) is 0 Å². The van der Waals surface area contributed by atoms with Crippen LogP contribution in [-0.4, -0.2) is 4.92 Å². The van der Waals surface area contributed by atoms with Crippen molar-refractivity contribution < 1.29 is 4.92 Å². The van der Waals surface area contributed by atoms with Crippen LogP contribution >= 0.6 is 0 Å². The van der Waals surface area contributed by atoms with Gasteiger partial charge in [-0.2, -0.15) is 0 Å². The van der Waals surface area contributed by atoms with Gasteiger partial charge in [-0.25, -0.2) is 0 Å². The van der Waals surface area contributed by atoms with E-state index in [0.29, 0.717) is 12.2 Å². The van der Waals surface area contributed by atoms with Crippen molar-refractivity contribution in [2.75, 3.05) is 5.32 Å². The Morgan fingerprint density at radius 2 is 1.74 bits per heavy atom. The number of nitro benzene ring substituents is 1. The first-order chi connectivity index (χ1) is 9.08. The Hall–Kier alpha value is -2.36. The predicted molar refractivity (Wildman–Crippen MR) is 76.3 cm³/mol. The van der Waals surface area contributed by atoms with E-state index < -0.39 is 0 Å². The molecular weight excluding hydrogens is 240 g/mol. The van der Waals surface area contributed by atoms with Crippen molar-refractivity contribution in [1.82, 2.24) is 0 Å². The Morgan fingerprint density at radius 3 is 2.37 bits per heavy atom. The van der Waals surface area contributed by atoms with Gasteiger partial charge in [0.25, 0.3) is 5.69 Å². The zero-order valence-corrected chi connectivity index (χ0v) is 11.0. The van der Waals surface area contributed by atoms with Crippen LogP contribution in [0.1, 0.15) is 16.7 Å². The Balaban J connectivity index is 2.24. The lowest BCUT2D eigenvalue weighted by atomic mass is 10.1. The number of hydrogen-bond donors (Lipinski definition) is 1. The van der Waals surface area contributed by atoms with E-state index >= 15 is 0 Å². The molecule has 0 saturated heterocycles. The van der Waals surface area contributed by atoms with Gasteiger partial charge in [0.2, 0.25) is 0 Å². The topological polar surface area (TPSA) is 55.2 Å². The highest BCUT2D eigenvalue weighted by molar-refractivity contribution is 5.64. The molecule has 4 nitrogen and oxygen atoms in total. The highest BCUT2D eigenvalue weighted by Gasteiger charge is 2.14. The van der Waals surface area contributed by atoms with Crippen LogP contribution in [0.3, 0.4) is 0 Å². The van der Waals surface area contributed by atoms with E-state index in [1.165, 1.54) is 0 Å². The second-order valence-electron chi connectivity index (χ2n) is 4.55. The average molecular weight is 256 g/mol. The molecule has 0 unspecified atom stereocenters. The Bertz CT molecular complexity index is 595. The smallest absolute Gasteiger partial charge is 0.292 e. The third-order valence-electron chi connectivity index (χ3n) is 3.13. The summed E-state index contributed by atoms with van der Waals surface area (Å²) in [5.41, 5.74) is 3.75. The van der Waals surface area contributed by atoms with Crippen LogP contribution in [0.2, 0.25) is 0 Å². The van der Waals surface area contributed by atoms with Crippen molar-refractivity contribution in [3.8, 4) is 0 Å². The first-order valence-electron chi connectivity index (χ1n) is 6.11. The van der Waals surface area contributed by atoms with E-state index in [2.05, 4.69) is 5.32 Å². The SMILES string of the molecule is Cc1cc(NCc2ccccc2)c([N+](=O)[O-])cc1C. The quantitative estimate of drug-likeness (QED) is 0.668. The number of nitro groups is 1. The van der Waals surface area contributed by atoms with Crippen molar-refractivity contribution in [3.05, 3.63) is 69.3 Å². The number of rotatable bonds is 4. The van der Waals surface area contributed by atoms with Crippen molar-refractivity contribution >= 4 is 11.4 Å². The van der Waals surface area contributed by atoms with Gasteiger partial charge in [-0.05, 0) is 36.6 Å². The fourth-order valence-corrected chi connectivity index (χ4v) is 1.89. The third-order valence-corrected chi connectivity index (χ3v) is 3.13. The lowest BCUT2D eigenvalue weighted by Crippen LogP contribution is -2.03. The molecular formula is C15H16N2O2. The van der Waals surface area contributed by atoms with E-state index in [-0.39, 0.29) is 10.6 Å². The van der Waals surface area contributed by atoms with Crippen molar-refractivity contribution in [2.45, 2.75) is 20.4 Å². The standard InChI is InChI=1S/C15H16N2O2/c1-11-8-14(15(17(18)19)9-12(11)2)16-10-13-6-4-3-5-7-13/h3-9,16H,10H2,1-2H3. The summed E-state index contributed by atoms with van der Waals surface area (Å²) < 4.78 is 0. The molecule has 2 aromatic rings. The molecule has 0 aliphatic carbocycles. The minimum absolute atomic E-state index is 0.124. The molecule has 0 saturated carbocycles. The number of benzene rings is 2. The van der Waals surface area contributed by atoms with E-state index in [0.717, 1.165) is 16.7 Å². The average Bonchev–Trinajstić information content (AvgIpc) is 2.40. The van der Waals surface area contributed by atoms with E-state index in [4.69, 9.17) is 0 Å². The summed E-state index contributed by atoms with van der Waals surface area (Å²) in [7, 11) is 0. The first-order valence-corrected chi connectivity index (χ1v) is 6.11. The molecule has 0 amide bonds. The molecule has 1 N–H and O–H groups in total. The maximum absolute atomic E-state index is 11.1. The van der Waals surface area contributed by atoms with Crippen LogP contribution in [0.4, 0.5) is 11.4 Å². The normalized spacial score (nSPS) is 10.2. The molecule has 0 spiro atoms. The van der Waals surface area contributed by atoms with Crippen molar-refractivity contribution in [3.63, 3.8) is 0 Å². The van der Waals surface area contributed by atoms with Gasteiger partial charge in [-0.3, -0.25) is 10.1 Å². The molecule has 98 valence electrons. The van der Waals surface area contributed by atoms with Crippen LogP contribution in [0, 0.1) is 24.0 Å². The minimum Gasteiger partial charge on any atom is -0.375 e. The first kappa shape index (κ1) is 13.1. The number of aryl methyl sites for hydroxylation is 2. The van der Waals surface area contributed by atoms with Crippen LogP contribution in [0.5, 0.6) is 0 Å². The molecule has 0 aromatic heterocycles. The van der Waals surface area contributed by atoms with Gasteiger partial charge >= 0.3 is 0 Å². The number of nitrogens with zero attached hydrogens (tertiary/aromatic N) is 1. The zero-order chi connectivity index (χ0) is 13.8. The molecule has 0 atom stereocenters. The van der Waals surface area contributed by atoms with Gasteiger partial charge in [0.1, 0.15) is 5.69 Å². The summed E-state index contributed by atoms with van der Waals surface area (Å²) >= 11 is 0. The van der Waals surface area contributed by atoms with Gasteiger partial charge in [0.05, 0.1) is 4.92 Å². The largest absolute Gasteiger partial charge is 0.375 e. The van der Waals surface area contributed by atoms with E-state index in [9.17, 15) is 10.1 Å². The third kappa shape index (κ3) is 3.10. The number of hydrogen-bond acceptors (Lipinski definition) is 3. The maximum Gasteiger partial charge on any atom is 0.292 e. The fraction of sp³-hybridized carbons (Fsp3) is 0.200. The summed E-state index contributed by atoms with van der Waals surface area (Å²) in [4.78, 5) is 10.7. The van der Waals surface area contributed by atoms with Crippen LogP contribution in [0.25, 0.3) is 0 Å². The Labute approximate surface area is 112 Å². The predicted octanol–water partition coefficient (Wildman–Crippen LogP) is 3.82. The molecule has 0 radical (unpaired) electrons. The molecule has 0 bridgehead atoms. The molecule has 2 rings (SSSR count). The highest BCUT2D eigenvalue weighted by Crippen LogP contribution is 2.28. The highest BCUT2D eigenvalue weighted by atomic mass is 16.6. The molecule has 0 aliphatic rings. The second kappa shape index (κ2) is 5.52. The van der Waals surface area contributed by atoms with Crippen molar-refractivity contribution in [1.29, 1.82) is 0 Å². The fourth-order valence-electron chi connectivity index (χ4n) is 1.89. The number of nitrogens with one attached hydrogen (secondary N) is 1. The number of anilines is 1. The summed E-state index contributed by atoms with van der Waals surface area (Å²) in [6, 6.07) is 13.3. The molecule has 0 heterocycles. The summed E-state index contributed by atoms with van der Waals surface area (Å²) in [5, 5.41) is 14.2. The van der Waals surface area contributed by atoms with E-state index in [1.54, 1.807) is 6.07 Å². The van der Waals surface area contributed by atoms with Crippen LogP contribution in [0.15, 0.2) is 42.5 Å². The molecule has 0 aliphatic heterocycles.